The normalized spacial score (nSPS) is 21.5. The molecule has 0 aromatic heterocycles. The van der Waals surface area contributed by atoms with E-state index >= 15 is 0 Å². The third-order valence-electron chi connectivity index (χ3n) is 4.03. The molecule has 0 saturated carbocycles. The number of rotatable bonds is 9. The molecule has 0 aromatic carbocycles. The highest BCUT2D eigenvalue weighted by Gasteiger charge is 2.33. The number of aliphatic carboxylic acids is 1. The Morgan fingerprint density at radius 2 is 2.10 bits per heavy atom. The van der Waals surface area contributed by atoms with Gasteiger partial charge in [0.2, 0.25) is 5.91 Å². The Hall–Kier alpha value is -1.10. The predicted molar refractivity (Wildman–Crippen MR) is 78.6 cm³/mol. The van der Waals surface area contributed by atoms with Crippen LogP contribution < -0.4 is 5.32 Å². The van der Waals surface area contributed by atoms with Crippen molar-refractivity contribution < 1.29 is 14.7 Å². The number of carbonyl (C=O) groups excluding carboxylic acids is 1. The summed E-state index contributed by atoms with van der Waals surface area (Å²) >= 11 is 0. The molecule has 1 saturated heterocycles. The number of nitrogens with one attached hydrogen (secondary N) is 1. The first-order chi connectivity index (χ1) is 9.56. The van der Waals surface area contributed by atoms with Crippen molar-refractivity contribution in [3.63, 3.8) is 0 Å². The number of carbonyl (C=O) groups is 2. The second-order valence-corrected chi connectivity index (χ2v) is 5.69. The zero-order valence-corrected chi connectivity index (χ0v) is 12.7. The SMILES string of the molecule is CCCCCCCC(C)N1CCNC(=O)C1CC(=O)O. The lowest BCUT2D eigenvalue weighted by molar-refractivity contribution is -0.143. The summed E-state index contributed by atoms with van der Waals surface area (Å²) < 4.78 is 0. The number of piperazine rings is 1. The van der Waals surface area contributed by atoms with E-state index in [0.29, 0.717) is 6.54 Å². The molecule has 2 atom stereocenters. The van der Waals surface area contributed by atoms with Crippen molar-refractivity contribution in [1.82, 2.24) is 10.2 Å². The molecule has 20 heavy (non-hydrogen) atoms. The lowest BCUT2D eigenvalue weighted by atomic mass is 10.0. The molecule has 1 aliphatic heterocycles. The van der Waals surface area contributed by atoms with Gasteiger partial charge in [0, 0.05) is 19.1 Å². The molecule has 0 bridgehead atoms. The molecule has 2 N–H and O–H groups in total. The summed E-state index contributed by atoms with van der Waals surface area (Å²) in [4.78, 5) is 24.8. The van der Waals surface area contributed by atoms with Crippen LogP contribution in [0.1, 0.15) is 58.8 Å². The molecule has 0 aliphatic carbocycles. The molecule has 1 rings (SSSR count). The number of hydrogen-bond donors (Lipinski definition) is 2. The molecule has 2 unspecified atom stereocenters. The van der Waals surface area contributed by atoms with Crippen LogP contribution in [0.4, 0.5) is 0 Å². The molecule has 0 spiro atoms. The van der Waals surface area contributed by atoms with Gasteiger partial charge in [0.15, 0.2) is 0 Å². The Morgan fingerprint density at radius 3 is 2.75 bits per heavy atom. The zero-order chi connectivity index (χ0) is 15.0. The Bertz CT molecular complexity index is 320. The van der Waals surface area contributed by atoms with Crippen LogP contribution in [0.3, 0.4) is 0 Å². The number of amides is 1. The first-order valence-corrected chi connectivity index (χ1v) is 7.81. The summed E-state index contributed by atoms with van der Waals surface area (Å²) in [5.41, 5.74) is 0. The predicted octanol–water partition coefficient (Wildman–Crippen LogP) is 2.01. The summed E-state index contributed by atoms with van der Waals surface area (Å²) in [5.74, 6) is -1.05. The smallest absolute Gasteiger partial charge is 0.305 e. The molecule has 1 heterocycles. The van der Waals surface area contributed by atoms with Crippen molar-refractivity contribution in [1.29, 1.82) is 0 Å². The van der Waals surface area contributed by atoms with Crippen LogP contribution in [0.2, 0.25) is 0 Å². The Morgan fingerprint density at radius 1 is 1.40 bits per heavy atom. The van der Waals surface area contributed by atoms with Crippen LogP contribution in [-0.4, -0.2) is 47.1 Å². The highest BCUT2D eigenvalue weighted by atomic mass is 16.4. The first kappa shape index (κ1) is 17.0. The van der Waals surface area contributed by atoms with Crippen LogP contribution >= 0.6 is 0 Å². The highest BCUT2D eigenvalue weighted by molar-refractivity contribution is 5.86. The van der Waals surface area contributed by atoms with Gasteiger partial charge in [-0.05, 0) is 13.3 Å². The summed E-state index contributed by atoms with van der Waals surface area (Å²) in [5, 5.41) is 11.7. The molecule has 5 heteroatoms. The van der Waals surface area contributed by atoms with Crippen LogP contribution in [0.25, 0.3) is 0 Å². The molecule has 1 aliphatic rings. The van der Waals surface area contributed by atoms with Crippen molar-refractivity contribution >= 4 is 11.9 Å². The molecule has 116 valence electrons. The number of unbranched alkanes of at least 4 members (excludes halogenated alkanes) is 4. The van der Waals surface area contributed by atoms with E-state index in [1.807, 2.05) is 0 Å². The van der Waals surface area contributed by atoms with Gasteiger partial charge in [-0.3, -0.25) is 14.5 Å². The minimum absolute atomic E-state index is 0.105. The van der Waals surface area contributed by atoms with E-state index in [1.54, 1.807) is 0 Å². The first-order valence-electron chi connectivity index (χ1n) is 7.81. The van der Waals surface area contributed by atoms with Crippen LogP contribution in [0.15, 0.2) is 0 Å². The molecule has 0 aromatic rings. The van der Waals surface area contributed by atoms with Gasteiger partial charge in [-0.25, -0.2) is 0 Å². The van der Waals surface area contributed by atoms with Gasteiger partial charge in [-0.15, -0.1) is 0 Å². The Balaban J connectivity index is 2.43. The fourth-order valence-electron chi connectivity index (χ4n) is 2.84. The monoisotopic (exact) mass is 284 g/mol. The number of nitrogens with zero attached hydrogens (tertiary/aromatic N) is 1. The lowest BCUT2D eigenvalue weighted by Crippen LogP contribution is -2.58. The fraction of sp³-hybridized carbons (Fsp3) is 0.867. The van der Waals surface area contributed by atoms with Crippen molar-refractivity contribution in [2.24, 2.45) is 0 Å². The molecular weight excluding hydrogens is 256 g/mol. The van der Waals surface area contributed by atoms with E-state index in [4.69, 9.17) is 5.11 Å². The van der Waals surface area contributed by atoms with Crippen molar-refractivity contribution in [2.75, 3.05) is 13.1 Å². The van der Waals surface area contributed by atoms with E-state index in [0.717, 1.165) is 19.4 Å². The third-order valence-corrected chi connectivity index (χ3v) is 4.03. The average molecular weight is 284 g/mol. The van der Waals surface area contributed by atoms with E-state index in [2.05, 4.69) is 24.1 Å². The lowest BCUT2D eigenvalue weighted by Gasteiger charge is -2.38. The second-order valence-electron chi connectivity index (χ2n) is 5.69. The standard InChI is InChI=1S/C15H28N2O3/c1-3-4-5-6-7-8-12(2)17-10-9-16-15(20)13(17)11-14(18)19/h12-13H,3-11H2,1-2H3,(H,16,20)(H,18,19). The molecule has 5 nitrogen and oxygen atoms in total. The van der Waals surface area contributed by atoms with Gasteiger partial charge in [0.1, 0.15) is 0 Å². The topological polar surface area (TPSA) is 69.6 Å². The Kier molecular flexibility index (Phi) is 7.59. The maximum atomic E-state index is 11.8. The van der Waals surface area contributed by atoms with Gasteiger partial charge >= 0.3 is 5.97 Å². The largest absolute Gasteiger partial charge is 0.481 e. The summed E-state index contributed by atoms with van der Waals surface area (Å²) in [7, 11) is 0. The van der Waals surface area contributed by atoms with E-state index < -0.39 is 12.0 Å². The minimum Gasteiger partial charge on any atom is -0.481 e. The summed E-state index contributed by atoms with van der Waals surface area (Å²) in [6, 6.07) is -0.237. The second kappa shape index (κ2) is 8.95. The number of carboxylic acids is 1. The molecule has 0 radical (unpaired) electrons. The maximum Gasteiger partial charge on any atom is 0.305 e. The molecule has 1 amide bonds. The van der Waals surface area contributed by atoms with Crippen LogP contribution in [-0.2, 0) is 9.59 Å². The number of hydrogen-bond acceptors (Lipinski definition) is 3. The zero-order valence-electron chi connectivity index (χ0n) is 12.7. The van der Waals surface area contributed by atoms with Crippen LogP contribution in [0.5, 0.6) is 0 Å². The van der Waals surface area contributed by atoms with Gasteiger partial charge in [0.05, 0.1) is 12.5 Å². The summed E-state index contributed by atoms with van der Waals surface area (Å²) in [6.45, 7) is 5.67. The van der Waals surface area contributed by atoms with E-state index in [-0.39, 0.29) is 18.4 Å². The average Bonchev–Trinajstić information content (AvgIpc) is 2.40. The van der Waals surface area contributed by atoms with Gasteiger partial charge < -0.3 is 10.4 Å². The quantitative estimate of drug-likeness (QED) is 0.635. The fourth-order valence-corrected chi connectivity index (χ4v) is 2.84. The third kappa shape index (κ3) is 5.49. The van der Waals surface area contributed by atoms with E-state index in [9.17, 15) is 9.59 Å². The van der Waals surface area contributed by atoms with Gasteiger partial charge in [-0.1, -0.05) is 39.0 Å². The Labute approximate surface area is 121 Å². The van der Waals surface area contributed by atoms with E-state index in [1.165, 1.54) is 25.7 Å². The molecular formula is C15H28N2O3. The number of carboxylic acid groups (broad SMARTS) is 1. The van der Waals surface area contributed by atoms with Crippen molar-refractivity contribution in [3.8, 4) is 0 Å². The van der Waals surface area contributed by atoms with Crippen molar-refractivity contribution in [2.45, 2.75) is 70.9 Å². The summed E-state index contributed by atoms with van der Waals surface area (Å²) in [6.07, 6.45) is 7.09. The molecule has 1 fully saturated rings. The van der Waals surface area contributed by atoms with Crippen LogP contribution in [0, 0.1) is 0 Å². The highest BCUT2D eigenvalue weighted by Crippen LogP contribution is 2.17. The van der Waals surface area contributed by atoms with Gasteiger partial charge in [-0.2, -0.15) is 0 Å². The maximum absolute atomic E-state index is 11.8. The minimum atomic E-state index is -0.910. The van der Waals surface area contributed by atoms with Gasteiger partial charge in [0.25, 0.3) is 0 Å². The van der Waals surface area contributed by atoms with Crippen molar-refractivity contribution in [3.05, 3.63) is 0 Å².